The minimum atomic E-state index is 0.753. The quantitative estimate of drug-likeness (QED) is 0.771. The summed E-state index contributed by atoms with van der Waals surface area (Å²) in [7, 11) is 2.17. The molecular weight excluding hydrogens is 224 g/mol. The number of pyridine rings is 1. The second kappa shape index (κ2) is 4.46. The first kappa shape index (κ1) is 11.3. The number of likely N-dealkylation sites (N-methyl/N-ethyl adjacent to an activating group) is 1. The largest absolute Gasteiger partial charge is 0.397 e. The van der Waals surface area contributed by atoms with Crippen molar-refractivity contribution < 1.29 is 0 Å². The Morgan fingerprint density at radius 1 is 1.11 bits per heavy atom. The zero-order valence-electron chi connectivity index (χ0n) is 10.6. The molecule has 4 heteroatoms. The molecule has 1 aromatic heterocycles. The van der Waals surface area contributed by atoms with Crippen molar-refractivity contribution in [3.05, 3.63) is 30.5 Å². The third kappa shape index (κ3) is 1.88. The zero-order chi connectivity index (χ0) is 12.5. The van der Waals surface area contributed by atoms with Gasteiger partial charge in [-0.25, -0.2) is 0 Å². The van der Waals surface area contributed by atoms with Crippen LogP contribution >= 0.6 is 0 Å². The van der Waals surface area contributed by atoms with Crippen molar-refractivity contribution in [1.29, 1.82) is 0 Å². The second-order valence-electron chi connectivity index (χ2n) is 4.86. The molecule has 0 saturated carbocycles. The number of benzene rings is 1. The van der Waals surface area contributed by atoms with Gasteiger partial charge in [-0.3, -0.25) is 4.98 Å². The van der Waals surface area contributed by atoms with Gasteiger partial charge in [0.25, 0.3) is 0 Å². The molecule has 0 atom stereocenters. The van der Waals surface area contributed by atoms with Crippen LogP contribution in [0.15, 0.2) is 30.5 Å². The topological polar surface area (TPSA) is 45.4 Å². The fourth-order valence-corrected chi connectivity index (χ4v) is 2.50. The van der Waals surface area contributed by atoms with E-state index in [9.17, 15) is 0 Å². The number of fused-ring (bicyclic) bond motifs is 1. The molecule has 2 aromatic rings. The highest BCUT2D eigenvalue weighted by atomic mass is 15.2. The first-order chi connectivity index (χ1) is 8.75. The van der Waals surface area contributed by atoms with Crippen molar-refractivity contribution >= 4 is 22.3 Å². The first-order valence-corrected chi connectivity index (χ1v) is 6.32. The Hall–Kier alpha value is -1.81. The summed E-state index contributed by atoms with van der Waals surface area (Å²) in [4.78, 5) is 9.16. The van der Waals surface area contributed by atoms with Gasteiger partial charge in [0, 0.05) is 43.4 Å². The molecule has 18 heavy (non-hydrogen) atoms. The number of aromatic nitrogens is 1. The summed E-state index contributed by atoms with van der Waals surface area (Å²) < 4.78 is 0. The van der Waals surface area contributed by atoms with Gasteiger partial charge in [0.15, 0.2) is 0 Å². The summed E-state index contributed by atoms with van der Waals surface area (Å²) in [6.45, 7) is 4.33. The smallest absolute Gasteiger partial charge is 0.0951 e. The molecule has 2 heterocycles. The minimum Gasteiger partial charge on any atom is -0.397 e. The molecule has 1 aliphatic heterocycles. The summed E-state index contributed by atoms with van der Waals surface area (Å²) in [5.41, 5.74) is 8.90. The van der Waals surface area contributed by atoms with Crippen LogP contribution in [0.2, 0.25) is 0 Å². The van der Waals surface area contributed by atoms with Crippen LogP contribution < -0.4 is 10.6 Å². The van der Waals surface area contributed by atoms with Crippen LogP contribution in [0.4, 0.5) is 11.4 Å². The van der Waals surface area contributed by atoms with Gasteiger partial charge in [-0.2, -0.15) is 0 Å². The highest BCUT2D eigenvalue weighted by Gasteiger charge is 2.16. The summed E-state index contributed by atoms with van der Waals surface area (Å²) >= 11 is 0. The predicted octanol–water partition coefficient (Wildman–Crippen LogP) is 1.57. The molecule has 4 nitrogen and oxygen atoms in total. The summed E-state index contributed by atoms with van der Waals surface area (Å²) in [5, 5.41) is 1.15. The molecule has 0 aliphatic carbocycles. The molecular formula is C14H18N4. The van der Waals surface area contributed by atoms with E-state index in [1.54, 1.807) is 6.20 Å². The van der Waals surface area contributed by atoms with E-state index in [4.69, 9.17) is 5.73 Å². The highest BCUT2D eigenvalue weighted by molar-refractivity contribution is 5.98. The zero-order valence-corrected chi connectivity index (χ0v) is 10.6. The third-order valence-electron chi connectivity index (χ3n) is 3.62. The number of anilines is 2. The van der Waals surface area contributed by atoms with Crippen LogP contribution in [-0.4, -0.2) is 43.1 Å². The van der Waals surface area contributed by atoms with Gasteiger partial charge >= 0.3 is 0 Å². The van der Waals surface area contributed by atoms with E-state index >= 15 is 0 Å². The van der Waals surface area contributed by atoms with Gasteiger partial charge in [0.1, 0.15) is 0 Å². The van der Waals surface area contributed by atoms with Gasteiger partial charge in [-0.1, -0.05) is 0 Å². The summed E-state index contributed by atoms with van der Waals surface area (Å²) in [6.07, 6.45) is 1.80. The third-order valence-corrected chi connectivity index (χ3v) is 3.62. The number of rotatable bonds is 1. The first-order valence-electron chi connectivity index (χ1n) is 6.32. The minimum absolute atomic E-state index is 0.753. The molecule has 1 aliphatic rings. The maximum atomic E-state index is 5.99. The Kier molecular flexibility index (Phi) is 2.80. The maximum absolute atomic E-state index is 5.99. The average molecular weight is 242 g/mol. The Balaban J connectivity index is 2.04. The fraction of sp³-hybridized carbons (Fsp3) is 0.357. The molecule has 3 rings (SSSR count). The summed E-state index contributed by atoms with van der Waals surface area (Å²) in [5.74, 6) is 0. The van der Waals surface area contributed by atoms with Crippen molar-refractivity contribution in [2.24, 2.45) is 0 Å². The molecule has 0 bridgehead atoms. The van der Waals surface area contributed by atoms with E-state index in [2.05, 4.69) is 34.0 Å². The van der Waals surface area contributed by atoms with Crippen LogP contribution in [0.5, 0.6) is 0 Å². The number of nitrogens with zero attached hydrogens (tertiary/aromatic N) is 3. The molecule has 1 fully saturated rings. The lowest BCUT2D eigenvalue weighted by Gasteiger charge is -2.34. The van der Waals surface area contributed by atoms with Crippen LogP contribution in [0.3, 0.4) is 0 Å². The van der Waals surface area contributed by atoms with Gasteiger partial charge in [-0.15, -0.1) is 0 Å². The van der Waals surface area contributed by atoms with Gasteiger partial charge in [0.2, 0.25) is 0 Å². The lowest BCUT2D eigenvalue weighted by molar-refractivity contribution is 0.313. The van der Waals surface area contributed by atoms with Gasteiger partial charge < -0.3 is 15.5 Å². The molecule has 94 valence electrons. The molecule has 0 radical (unpaired) electrons. The molecule has 0 unspecified atom stereocenters. The van der Waals surface area contributed by atoms with Crippen molar-refractivity contribution in [1.82, 2.24) is 9.88 Å². The van der Waals surface area contributed by atoms with Crippen molar-refractivity contribution in [2.45, 2.75) is 0 Å². The van der Waals surface area contributed by atoms with Gasteiger partial charge in [-0.05, 0) is 31.3 Å². The number of piperazine rings is 1. The molecule has 0 spiro atoms. The van der Waals surface area contributed by atoms with E-state index in [0.29, 0.717) is 0 Å². The highest BCUT2D eigenvalue weighted by Crippen LogP contribution is 2.29. The van der Waals surface area contributed by atoms with Crippen LogP contribution in [0, 0.1) is 0 Å². The van der Waals surface area contributed by atoms with Crippen molar-refractivity contribution in [3.8, 4) is 0 Å². The molecule has 2 N–H and O–H groups in total. The monoisotopic (exact) mass is 242 g/mol. The Labute approximate surface area is 107 Å². The average Bonchev–Trinajstić information content (AvgIpc) is 2.41. The van der Waals surface area contributed by atoms with E-state index in [1.807, 2.05) is 12.1 Å². The number of nitrogens with two attached hydrogens (primary N) is 1. The number of nitrogen functional groups attached to an aromatic ring is 1. The lowest BCUT2D eigenvalue weighted by atomic mass is 10.1. The van der Waals surface area contributed by atoms with Crippen LogP contribution in [0.1, 0.15) is 0 Å². The number of hydrogen-bond donors (Lipinski definition) is 1. The van der Waals surface area contributed by atoms with Crippen molar-refractivity contribution in [3.63, 3.8) is 0 Å². The van der Waals surface area contributed by atoms with E-state index in [0.717, 1.165) is 42.8 Å². The van der Waals surface area contributed by atoms with E-state index < -0.39 is 0 Å². The Morgan fingerprint density at radius 2 is 1.89 bits per heavy atom. The maximum Gasteiger partial charge on any atom is 0.0951 e. The summed E-state index contributed by atoms with van der Waals surface area (Å²) in [6, 6.07) is 8.15. The van der Waals surface area contributed by atoms with Crippen molar-refractivity contribution in [2.75, 3.05) is 43.9 Å². The predicted molar refractivity (Wildman–Crippen MR) is 75.9 cm³/mol. The standard InChI is InChI=1S/C14H18N4/c1-17-7-9-18(10-8-17)13-5-4-12(15)14-11(13)3-2-6-16-14/h2-6H,7-10,15H2,1H3. The Bertz CT molecular complexity index is 559. The normalized spacial score (nSPS) is 17.3. The second-order valence-corrected chi connectivity index (χ2v) is 4.86. The lowest BCUT2D eigenvalue weighted by Crippen LogP contribution is -2.44. The molecule has 0 amide bonds. The van der Waals surface area contributed by atoms with Crippen LogP contribution in [0.25, 0.3) is 10.9 Å². The number of hydrogen-bond acceptors (Lipinski definition) is 4. The van der Waals surface area contributed by atoms with Gasteiger partial charge in [0.05, 0.1) is 11.2 Å². The molecule has 1 aromatic carbocycles. The molecule has 1 saturated heterocycles. The van der Waals surface area contributed by atoms with Crippen LogP contribution in [-0.2, 0) is 0 Å². The fourth-order valence-electron chi connectivity index (χ4n) is 2.50. The SMILES string of the molecule is CN1CCN(c2ccc(N)c3ncccc23)CC1. The van der Waals surface area contributed by atoms with E-state index in [1.165, 1.54) is 5.69 Å². The Morgan fingerprint density at radius 3 is 2.67 bits per heavy atom. The van der Waals surface area contributed by atoms with E-state index in [-0.39, 0.29) is 0 Å².